The van der Waals surface area contributed by atoms with E-state index >= 15 is 0 Å². The van der Waals surface area contributed by atoms with E-state index in [1.807, 2.05) is 0 Å². The highest BCUT2D eigenvalue weighted by Gasteiger charge is 2.44. The molecule has 1 aromatic carbocycles. The molecular weight excluding hydrogens is 346 g/mol. The van der Waals surface area contributed by atoms with Crippen molar-refractivity contribution < 1.29 is 27.9 Å². The fourth-order valence-corrected chi connectivity index (χ4v) is 4.13. The molecule has 0 unspecified atom stereocenters. The first kappa shape index (κ1) is 17.6. The summed E-state index contributed by atoms with van der Waals surface area (Å²) in [7, 11) is -3.24. The molecule has 0 bridgehead atoms. The van der Waals surface area contributed by atoms with E-state index in [0.717, 1.165) is 6.08 Å². The van der Waals surface area contributed by atoms with E-state index in [9.17, 15) is 18.0 Å². The number of ketones is 1. The third-order valence-corrected chi connectivity index (χ3v) is 5.94. The van der Waals surface area contributed by atoms with Gasteiger partial charge in [0, 0.05) is 32.0 Å². The first-order valence-corrected chi connectivity index (χ1v) is 9.76. The van der Waals surface area contributed by atoms with E-state index in [0.29, 0.717) is 42.8 Å². The van der Waals surface area contributed by atoms with Gasteiger partial charge in [0.05, 0.1) is 18.2 Å². The summed E-state index contributed by atoms with van der Waals surface area (Å²) in [6, 6.07) is 4.98. The Hall–Kier alpha value is -2.19. The summed E-state index contributed by atoms with van der Waals surface area (Å²) in [5, 5.41) is 8.68. The predicted octanol–water partition coefficient (Wildman–Crippen LogP) is 1.54. The van der Waals surface area contributed by atoms with Crippen LogP contribution in [0.5, 0.6) is 5.75 Å². The number of nitrogens with zero attached hydrogens (tertiary/aromatic N) is 1. The van der Waals surface area contributed by atoms with Gasteiger partial charge >= 0.3 is 5.97 Å². The number of piperidine rings is 1. The highest BCUT2D eigenvalue weighted by Crippen LogP contribution is 2.40. The average molecular weight is 365 g/mol. The van der Waals surface area contributed by atoms with Crippen molar-refractivity contribution in [1.82, 2.24) is 4.31 Å². The normalized spacial score (nSPS) is 20.4. The summed E-state index contributed by atoms with van der Waals surface area (Å²) in [6.45, 7) is 0.668. The number of fused-ring (bicyclic) bond motifs is 1. The zero-order valence-corrected chi connectivity index (χ0v) is 14.6. The number of ether oxygens (including phenoxy) is 1. The van der Waals surface area contributed by atoms with Gasteiger partial charge in [0.25, 0.3) is 0 Å². The van der Waals surface area contributed by atoms with Gasteiger partial charge in [-0.3, -0.25) is 4.79 Å². The first-order valence-electron chi connectivity index (χ1n) is 7.91. The van der Waals surface area contributed by atoms with Gasteiger partial charge in [0.15, 0.2) is 5.78 Å². The SMILES string of the molecule is CS(=O)(=O)N1CCC2(CC1)CC(=O)c1cc(C=CC(=O)O)ccc1O2. The summed E-state index contributed by atoms with van der Waals surface area (Å²) < 4.78 is 30.8. The second-order valence-electron chi connectivity index (χ2n) is 6.47. The van der Waals surface area contributed by atoms with Gasteiger partial charge in [-0.2, -0.15) is 0 Å². The smallest absolute Gasteiger partial charge is 0.328 e. The fraction of sp³-hybridized carbons (Fsp3) is 0.412. The number of hydrogen-bond acceptors (Lipinski definition) is 5. The Labute approximate surface area is 145 Å². The molecule has 0 aromatic heterocycles. The van der Waals surface area contributed by atoms with E-state index in [1.54, 1.807) is 18.2 Å². The van der Waals surface area contributed by atoms with Gasteiger partial charge in [0.2, 0.25) is 10.0 Å². The fourth-order valence-electron chi connectivity index (χ4n) is 3.29. The topological polar surface area (TPSA) is 101 Å². The van der Waals surface area contributed by atoms with Crippen LogP contribution in [0.25, 0.3) is 6.08 Å². The first-order chi connectivity index (χ1) is 11.7. The molecule has 1 spiro atoms. The Morgan fingerprint density at radius 3 is 2.60 bits per heavy atom. The monoisotopic (exact) mass is 365 g/mol. The highest BCUT2D eigenvalue weighted by atomic mass is 32.2. The minimum absolute atomic E-state index is 0.0698. The third-order valence-electron chi connectivity index (χ3n) is 4.63. The Bertz CT molecular complexity index is 850. The zero-order valence-electron chi connectivity index (χ0n) is 13.8. The zero-order chi connectivity index (χ0) is 18.2. The molecule has 1 aromatic rings. The van der Waals surface area contributed by atoms with Gasteiger partial charge in [-0.05, 0) is 23.8 Å². The number of hydrogen-bond donors (Lipinski definition) is 1. The molecule has 3 rings (SSSR count). The largest absolute Gasteiger partial charge is 0.486 e. The standard InChI is InChI=1S/C17H19NO6S/c1-25(22,23)18-8-6-17(7-9-18)11-14(19)13-10-12(3-5-16(20)21)2-4-15(13)24-17/h2-5,10H,6-9,11H2,1H3,(H,20,21). The second-order valence-corrected chi connectivity index (χ2v) is 8.46. The highest BCUT2D eigenvalue weighted by molar-refractivity contribution is 7.88. The molecule has 0 radical (unpaired) electrons. The third kappa shape index (κ3) is 3.74. The quantitative estimate of drug-likeness (QED) is 0.816. The number of sulfonamides is 1. The molecule has 25 heavy (non-hydrogen) atoms. The van der Waals surface area contributed by atoms with Crippen LogP contribution in [0.15, 0.2) is 24.3 Å². The Morgan fingerprint density at radius 2 is 2.00 bits per heavy atom. The maximum absolute atomic E-state index is 12.6. The lowest BCUT2D eigenvalue weighted by atomic mass is 9.82. The van der Waals surface area contributed by atoms with Gasteiger partial charge in [-0.1, -0.05) is 6.07 Å². The number of carboxylic acid groups (broad SMARTS) is 1. The van der Waals surface area contributed by atoms with Crippen molar-refractivity contribution in [2.24, 2.45) is 0 Å². The van der Waals surface area contributed by atoms with Crippen molar-refractivity contribution >= 4 is 27.9 Å². The van der Waals surface area contributed by atoms with E-state index in [2.05, 4.69) is 0 Å². The van der Waals surface area contributed by atoms with Gasteiger partial charge in [0.1, 0.15) is 11.4 Å². The molecule has 0 aliphatic carbocycles. The summed E-state index contributed by atoms with van der Waals surface area (Å²) in [5.41, 5.74) is 0.383. The second kappa shape index (κ2) is 6.27. The van der Waals surface area contributed by atoms with Crippen LogP contribution in [0.1, 0.15) is 35.2 Å². The molecule has 2 aliphatic rings. The number of rotatable bonds is 3. The van der Waals surface area contributed by atoms with Crippen molar-refractivity contribution in [2.45, 2.75) is 24.9 Å². The Balaban J connectivity index is 1.81. The molecule has 0 saturated carbocycles. The van der Waals surface area contributed by atoms with Crippen molar-refractivity contribution in [3.63, 3.8) is 0 Å². The Kier molecular flexibility index (Phi) is 4.42. The van der Waals surface area contributed by atoms with Crippen LogP contribution in [0.4, 0.5) is 0 Å². The maximum Gasteiger partial charge on any atom is 0.328 e. The molecule has 134 valence electrons. The van der Waals surface area contributed by atoms with Crippen LogP contribution in [-0.2, 0) is 14.8 Å². The molecule has 2 heterocycles. The summed E-state index contributed by atoms with van der Waals surface area (Å²) in [5.74, 6) is -0.659. The van der Waals surface area contributed by atoms with E-state index in [1.165, 1.54) is 16.6 Å². The van der Waals surface area contributed by atoms with E-state index < -0.39 is 21.6 Å². The number of carboxylic acids is 1. The number of carbonyl (C=O) groups is 2. The van der Waals surface area contributed by atoms with Crippen molar-refractivity contribution in [2.75, 3.05) is 19.3 Å². The lowest BCUT2D eigenvalue weighted by Crippen LogP contribution is -2.52. The molecule has 0 amide bonds. The molecule has 7 nitrogen and oxygen atoms in total. The van der Waals surface area contributed by atoms with Crippen molar-refractivity contribution in [3.05, 3.63) is 35.4 Å². The number of aliphatic carboxylic acids is 1. The predicted molar refractivity (Wildman–Crippen MR) is 91.1 cm³/mol. The molecule has 1 saturated heterocycles. The summed E-state index contributed by atoms with van der Waals surface area (Å²) >= 11 is 0. The van der Waals surface area contributed by atoms with Crippen LogP contribution >= 0.6 is 0 Å². The van der Waals surface area contributed by atoms with E-state index in [-0.39, 0.29) is 12.2 Å². The number of Topliss-reactive ketones (excluding diaryl/α,β-unsaturated/α-hetero) is 1. The molecule has 2 aliphatic heterocycles. The van der Waals surface area contributed by atoms with Crippen molar-refractivity contribution in [3.8, 4) is 5.75 Å². The van der Waals surface area contributed by atoms with Crippen LogP contribution in [0, 0.1) is 0 Å². The lowest BCUT2D eigenvalue weighted by molar-refractivity contribution is -0.131. The van der Waals surface area contributed by atoms with Gasteiger partial charge in [-0.25, -0.2) is 17.5 Å². The summed E-state index contributed by atoms with van der Waals surface area (Å²) in [6.07, 6.45) is 4.74. The number of benzene rings is 1. The van der Waals surface area contributed by atoms with Crippen LogP contribution in [0.3, 0.4) is 0 Å². The van der Waals surface area contributed by atoms with Crippen LogP contribution < -0.4 is 4.74 Å². The minimum atomic E-state index is -3.24. The maximum atomic E-state index is 12.6. The molecular formula is C17H19NO6S. The minimum Gasteiger partial charge on any atom is -0.486 e. The van der Waals surface area contributed by atoms with Crippen LogP contribution in [0.2, 0.25) is 0 Å². The van der Waals surface area contributed by atoms with Crippen LogP contribution in [-0.4, -0.2) is 54.5 Å². The number of carbonyl (C=O) groups excluding carboxylic acids is 1. The Morgan fingerprint density at radius 1 is 1.32 bits per heavy atom. The van der Waals surface area contributed by atoms with Gasteiger partial charge < -0.3 is 9.84 Å². The van der Waals surface area contributed by atoms with E-state index in [4.69, 9.17) is 9.84 Å². The lowest BCUT2D eigenvalue weighted by Gasteiger charge is -2.43. The van der Waals surface area contributed by atoms with Gasteiger partial charge in [-0.15, -0.1) is 0 Å². The van der Waals surface area contributed by atoms with Crippen molar-refractivity contribution in [1.29, 1.82) is 0 Å². The molecule has 1 N–H and O–H groups in total. The molecule has 0 atom stereocenters. The summed E-state index contributed by atoms with van der Waals surface area (Å²) in [4.78, 5) is 23.2. The average Bonchev–Trinajstić information content (AvgIpc) is 2.52. The molecule has 1 fully saturated rings. The molecule has 8 heteroatoms.